The monoisotopic (exact) mass is 394 g/mol. The second-order valence-corrected chi connectivity index (χ2v) is 7.58. The summed E-state index contributed by atoms with van der Waals surface area (Å²) < 4.78 is 1.16. The standard InChI is InChI=1S/C26H19N4.Li/c1-5-13-21(14-6-1)25-27-29-30(28-25)26(22-15-7-2-8-16-22,23-17-9-3-10-18-23)24-19-11-4-12-20-24;/h1-5,7-20H;. The maximum atomic E-state index is 4.92. The molecule has 0 atom stereocenters. The molecule has 5 rings (SSSR count). The Labute approximate surface area is 190 Å². The van der Waals surface area contributed by atoms with Gasteiger partial charge in [-0.15, -0.1) is 0 Å². The molecule has 1 heterocycles. The van der Waals surface area contributed by atoms with E-state index in [9.17, 15) is 0 Å². The number of hydrogen-bond acceptors (Lipinski definition) is 3. The van der Waals surface area contributed by atoms with Crippen molar-refractivity contribution in [1.29, 1.82) is 0 Å². The van der Waals surface area contributed by atoms with Gasteiger partial charge in [-0.1, -0.05) is 0 Å². The predicted molar refractivity (Wildman–Crippen MR) is 123 cm³/mol. The van der Waals surface area contributed by atoms with Gasteiger partial charge in [0.25, 0.3) is 0 Å². The summed E-state index contributed by atoms with van der Waals surface area (Å²) in [6.07, 6.45) is 0. The van der Waals surface area contributed by atoms with Gasteiger partial charge < -0.3 is 0 Å². The van der Waals surface area contributed by atoms with E-state index in [1.54, 1.807) is 4.80 Å². The van der Waals surface area contributed by atoms with Gasteiger partial charge in [0.1, 0.15) is 0 Å². The summed E-state index contributed by atoms with van der Waals surface area (Å²) in [7, 11) is 0. The average Bonchev–Trinajstić information content (AvgIpc) is 3.32. The van der Waals surface area contributed by atoms with Crippen molar-refractivity contribution >= 4 is 22.0 Å². The molecule has 0 unspecified atom stereocenters. The molecule has 0 radical (unpaired) electrons. The van der Waals surface area contributed by atoms with E-state index < -0.39 is 5.54 Å². The molecular formula is C26H19LiN4. The summed E-state index contributed by atoms with van der Waals surface area (Å²) in [6.45, 7) is 0. The molecule has 0 fully saturated rings. The van der Waals surface area contributed by atoms with Crippen LogP contribution in [0.5, 0.6) is 0 Å². The summed E-state index contributed by atoms with van der Waals surface area (Å²) in [4.78, 5) is 1.75. The Bertz CT molecular complexity index is 1190. The molecule has 0 aliphatic heterocycles. The quantitative estimate of drug-likeness (QED) is 0.335. The van der Waals surface area contributed by atoms with Gasteiger partial charge in [-0.05, 0) is 0 Å². The zero-order valence-electron chi connectivity index (χ0n) is 17.3. The van der Waals surface area contributed by atoms with Crippen molar-refractivity contribution in [1.82, 2.24) is 20.2 Å². The first-order valence-corrected chi connectivity index (χ1v) is 10.3. The van der Waals surface area contributed by atoms with Gasteiger partial charge in [-0.25, -0.2) is 0 Å². The average molecular weight is 394 g/mol. The van der Waals surface area contributed by atoms with Crippen LogP contribution in [-0.2, 0) is 5.54 Å². The fourth-order valence-electron chi connectivity index (χ4n) is 4.14. The van der Waals surface area contributed by atoms with Crippen molar-refractivity contribution in [2.75, 3.05) is 0 Å². The Balaban J connectivity index is 1.81. The van der Waals surface area contributed by atoms with Crippen LogP contribution >= 0.6 is 0 Å². The fraction of sp³-hybridized carbons (Fsp3) is 0.0385. The first kappa shape index (κ1) is 19.5. The molecule has 0 spiro atoms. The van der Waals surface area contributed by atoms with E-state index in [0.717, 1.165) is 26.5 Å². The first-order chi connectivity index (χ1) is 15.3. The van der Waals surface area contributed by atoms with Crippen molar-refractivity contribution in [3.63, 3.8) is 0 Å². The summed E-state index contributed by atoms with van der Waals surface area (Å²) >= 11 is 2.07. The van der Waals surface area contributed by atoms with Crippen LogP contribution in [0, 0.1) is 0 Å². The van der Waals surface area contributed by atoms with Crippen LogP contribution < -0.4 is 4.24 Å². The van der Waals surface area contributed by atoms with E-state index in [1.807, 2.05) is 66.7 Å². The van der Waals surface area contributed by atoms with Gasteiger partial charge in [-0.3, -0.25) is 0 Å². The molecule has 0 amide bonds. The zero-order valence-corrected chi connectivity index (χ0v) is 17.3. The first-order valence-electron chi connectivity index (χ1n) is 10.3. The van der Waals surface area contributed by atoms with E-state index in [4.69, 9.17) is 5.10 Å². The number of aromatic nitrogens is 4. The van der Waals surface area contributed by atoms with Gasteiger partial charge in [0, 0.05) is 0 Å². The Kier molecular flexibility index (Phi) is 5.26. The molecule has 0 saturated carbocycles. The SMILES string of the molecule is [Li][c]1cccc(-c2nnn(C(c3ccccc3)(c3ccccc3)c3ccccc3)n2)c1. The van der Waals surface area contributed by atoms with Crippen LogP contribution in [0.4, 0.5) is 0 Å². The fourth-order valence-corrected chi connectivity index (χ4v) is 4.14. The third kappa shape index (κ3) is 3.51. The molecule has 0 aliphatic rings. The molecule has 0 aliphatic carbocycles. The molecule has 0 N–H and O–H groups in total. The Morgan fingerprint density at radius 1 is 0.613 bits per heavy atom. The molecule has 144 valence electrons. The van der Waals surface area contributed by atoms with Crippen molar-refractivity contribution in [3.8, 4) is 11.4 Å². The van der Waals surface area contributed by atoms with Crippen LogP contribution in [0.25, 0.3) is 11.4 Å². The van der Waals surface area contributed by atoms with Crippen molar-refractivity contribution in [2.24, 2.45) is 0 Å². The molecule has 5 aromatic rings. The summed E-state index contributed by atoms with van der Waals surface area (Å²) in [5.74, 6) is 0.607. The summed E-state index contributed by atoms with van der Waals surface area (Å²) in [5.41, 5.74) is 3.41. The Hall–Kier alpha value is -3.45. The molecule has 4 aromatic carbocycles. The molecule has 0 saturated heterocycles. The van der Waals surface area contributed by atoms with Gasteiger partial charge >= 0.3 is 191 Å². The zero-order chi connectivity index (χ0) is 21.1. The molecule has 1 aromatic heterocycles. The second kappa shape index (κ2) is 8.35. The summed E-state index contributed by atoms with van der Waals surface area (Å²) in [5, 5.41) is 14.0. The maximum absolute atomic E-state index is 4.92. The number of rotatable bonds is 5. The Morgan fingerprint density at radius 2 is 1.13 bits per heavy atom. The minimum absolute atomic E-state index is 0.607. The minimum atomic E-state index is -0.751. The third-order valence-corrected chi connectivity index (χ3v) is 5.56. The van der Waals surface area contributed by atoms with Crippen LogP contribution in [0.3, 0.4) is 0 Å². The molecule has 4 nitrogen and oxygen atoms in total. The van der Waals surface area contributed by atoms with Gasteiger partial charge in [0.2, 0.25) is 0 Å². The van der Waals surface area contributed by atoms with E-state index in [-0.39, 0.29) is 0 Å². The Morgan fingerprint density at radius 3 is 1.61 bits per heavy atom. The van der Waals surface area contributed by atoms with Crippen molar-refractivity contribution < 1.29 is 0 Å². The van der Waals surface area contributed by atoms with Gasteiger partial charge in [0.15, 0.2) is 0 Å². The van der Waals surface area contributed by atoms with E-state index in [0.29, 0.717) is 5.82 Å². The summed E-state index contributed by atoms with van der Waals surface area (Å²) in [6, 6.07) is 39.3. The molecule has 5 heteroatoms. The predicted octanol–water partition coefficient (Wildman–Crippen LogP) is 3.97. The third-order valence-electron chi connectivity index (χ3n) is 5.56. The normalized spacial score (nSPS) is 11.4. The van der Waals surface area contributed by atoms with E-state index >= 15 is 0 Å². The van der Waals surface area contributed by atoms with Crippen LogP contribution in [0.1, 0.15) is 16.7 Å². The van der Waals surface area contributed by atoms with Gasteiger partial charge in [-0.2, -0.15) is 0 Å². The number of benzene rings is 4. The van der Waals surface area contributed by atoms with E-state index in [1.165, 1.54) is 0 Å². The second-order valence-electron chi connectivity index (χ2n) is 7.58. The number of tetrazole rings is 1. The van der Waals surface area contributed by atoms with Crippen LogP contribution in [0.15, 0.2) is 115 Å². The molecule has 0 bridgehead atoms. The molecular weight excluding hydrogens is 375 g/mol. The number of hydrogen-bond donors (Lipinski definition) is 0. The van der Waals surface area contributed by atoms with Crippen LogP contribution in [0.2, 0.25) is 0 Å². The van der Waals surface area contributed by atoms with Crippen molar-refractivity contribution in [2.45, 2.75) is 5.54 Å². The number of nitrogens with zero attached hydrogens (tertiary/aromatic N) is 4. The van der Waals surface area contributed by atoms with Gasteiger partial charge in [0.05, 0.1) is 0 Å². The van der Waals surface area contributed by atoms with Crippen LogP contribution in [-0.4, -0.2) is 37.9 Å². The topological polar surface area (TPSA) is 43.6 Å². The van der Waals surface area contributed by atoms with E-state index in [2.05, 4.69) is 76.6 Å². The molecule has 31 heavy (non-hydrogen) atoms. The van der Waals surface area contributed by atoms with Crippen molar-refractivity contribution in [3.05, 3.63) is 132 Å².